The molecule has 2 aliphatic heterocycles. The van der Waals surface area contributed by atoms with E-state index in [9.17, 15) is 14.4 Å². The maximum atomic E-state index is 14.1. The van der Waals surface area contributed by atoms with Crippen LogP contribution < -0.4 is 15.8 Å². The molecule has 0 unspecified atom stereocenters. The quantitative estimate of drug-likeness (QED) is 0.221. The van der Waals surface area contributed by atoms with Crippen molar-refractivity contribution in [2.45, 2.75) is 70.4 Å². The van der Waals surface area contributed by atoms with Crippen molar-refractivity contribution in [1.29, 1.82) is 0 Å². The van der Waals surface area contributed by atoms with E-state index in [-0.39, 0.29) is 11.8 Å². The van der Waals surface area contributed by atoms with Crippen LogP contribution >= 0.6 is 23.2 Å². The molecule has 0 spiro atoms. The van der Waals surface area contributed by atoms with Crippen LogP contribution in [0.25, 0.3) is 22.4 Å². The summed E-state index contributed by atoms with van der Waals surface area (Å²) in [7, 11) is 1.88. The third-order valence-corrected chi connectivity index (χ3v) is 9.90. The number of nitrogens with two attached hydrogens (primary N) is 1. The van der Waals surface area contributed by atoms with Gasteiger partial charge < -0.3 is 30.0 Å². The van der Waals surface area contributed by atoms with Gasteiger partial charge in [-0.3, -0.25) is 14.5 Å². The summed E-state index contributed by atoms with van der Waals surface area (Å²) in [6.45, 7) is 8.90. The van der Waals surface area contributed by atoms with Crippen molar-refractivity contribution in [3.63, 3.8) is 0 Å². The van der Waals surface area contributed by atoms with Crippen LogP contribution in [0.5, 0.6) is 5.75 Å². The Morgan fingerprint density at radius 1 is 0.918 bits per heavy atom. The molecule has 3 amide bonds. The summed E-state index contributed by atoms with van der Waals surface area (Å²) >= 11 is 13.0. The smallest absolute Gasteiger partial charge is 0.407 e. The SMILES string of the molecule is Cn1c(C(=O)N2CCC(C(N)=O)(N3CCCCC3)CC2)cc(-c2ccc(Cl)cc2Cl)c1-c1ccc(OCCCNC(=O)OC(C)(C)C)cc1. The molecule has 5 rings (SSSR count). The monoisotopic (exact) mass is 711 g/mol. The number of nitrogens with one attached hydrogen (secondary N) is 1. The Morgan fingerprint density at radius 2 is 1.59 bits per heavy atom. The molecule has 2 aromatic carbocycles. The van der Waals surface area contributed by atoms with Crippen LogP contribution in [0.4, 0.5) is 4.79 Å². The highest BCUT2D eigenvalue weighted by Crippen LogP contribution is 2.40. The Kier molecular flexibility index (Phi) is 11.5. The van der Waals surface area contributed by atoms with Gasteiger partial charge in [-0.05, 0) is 114 Å². The number of aromatic nitrogens is 1. The van der Waals surface area contributed by atoms with Crippen molar-refractivity contribution in [2.75, 3.05) is 39.3 Å². The van der Waals surface area contributed by atoms with E-state index in [1.165, 1.54) is 0 Å². The molecule has 49 heavy (non-hydrogen) atoms. The van der Waals surface area contributed by atoms with Crippen molar-refractivity contribution in [1.82, 2.24) is 19.7 Å². The highest BCUT2D eigenvalue weighted by molar-refractivity contribution is 6.36. The van der Waals surface area contributed by atoms with E-state index in [1.54, 1.807) is 12.1 Å². The lowest BCUT2D eigenvalue weighted by molar-refractivity contribution is -0.134. The van der Waals surface area contributed by atoms with Crippen LogP contribution in [-0.4, -0.2) is 82.7 Å². The van der Waals surface area contributed by atoms with E-state index >= 15 is 0 Å². The molecule has 3 aromatic rings. The number of nitrogens with zero attached hydrogens (tertiary/aromatic N) is 3. The fraction of sp³-hybridized carbons (Fsp3) is 0.486. The summed E-state index contributed by atoms with van der Waals surface area (Å²) < 4.78 is 13.1. The molecule has 0 atom stereocenters. The van der Waals surface area contributed by atoms with E-state index < -0.39 is 17.2 Å². The number of ether oxygens (including phenoxy) is 2. The minimum Gasteiger partial charge on any atom is -0.494 e. The number of carbonyl (C=O) groups is 3. The molecule has 3 N–H and O–H groups in total. The Balaban J connectivity index is 1.33. The molecule has 0 aliphatic carbocycles. The molecule has 10 nitrogen and oxygen atoms in total. The molecule has 2 aliphatic rings. The number of benzene rings is 2. The number of primary amides is 1. The van der Waals surface area contributed by atoms with Crippen molar-refractivity contribution in [2.24, 2.45) is 12.8 Å². The second-order valence-electron chi connectivity index (χ2n) is 13.9. The van der Waals surface area contributed by atoms with Crippen LogP contribution in [-0.2, 0) is 16.6 Å². The first-order valence-electron chi connectivity index (χ1n) is 17.0. The van der Waals surface area contributed by atoms with E-state index in [0.29, 0.717) is 67.0 Å². The van der Waals surface area contributed by atoms with Gasteiger partial charge in [0.25, 0.3) is 5.91 Å². The molecule has 3 heterocycles. The molecular weight excluding hydrogens is 665 g/mol. The van der Waals surface area contributed by atoms with E-state index in [0.717, 1.165) is 54.7 Å². The van der Waals surface area contributed by atoms with Gasteiger partial charge in [-0.25, -0.2) is 4.79 Å². The molecule has 0 radical (unpaired) electrons. The van der Waals surface area contributed by atoms with Gasteiger partial charge in [-0.1, -0.05) is 35.7 Å². The first-order valence-corrected chi connectivity index (χ1v) is 17.7. The first-order chi connectivity index (χ1) is 23.3. The van der Waals surface area contributed by atoms with Crippen molar-refractivity contribution >= 4 is 41.1 Å². The van der Waals surface area contributed by atoms with Crippen LogP contribution in [0.2, 0.25) is 10.0 Å². The van der Waals surface area contributed by atoms with Crippen LogP contribution in [0.3, 0.4) is 0 Å². The van der Waals surface area contributed by atoms with Gasteiger partial charge in [0.2, 0.25) is 5.91 Å². The number of hydrogen-bond acceptors (Lipinski definition) is 6. The van der Waals surface area contributed by atoms with Gasteiger partial charge in [-0.15, -0.1) is 0 Å². The van der Waals surface area contributed by atoms with Crippen molar-refractivity contribution in [3.8, 4) is 28.1 Å². The predicted octanol–water partition coefficient (Wildman–Crippen LogP) is 6.91. The minimum absolute atomic E-state index is 0.114. The molecular formula is C37H47Cl2N5O5. The molecule has 0 bridgehead atoms. The number of piperidine rings is 2. The summed E-state index contributed by atoms with van der Waals surface area (Å²) in [5, 5.41) is 3.73. The summed E-state index contributed by atoms with van der Waals surface area (Å²) in [6.07, 6.45) is 4.46. The number of likely N-dealkylation sites (tertiary alicyclic amines) is 2. The number of hydrogen-bond donors (Lipinski definition) is 2. The summed E-state index contributed by atoms with van der Waals surface area (Å²) in [5.41, 5.74) is 8.50. The fourth-order valence-electron chi connectivity index (χ4n) is 6.83. The second-order valence-corrected chi connectivity index (χ2v) is 14.7. The maximum absolute atomic E-state index is 14.1. The van der Waals surface area contributed by atoms with Crippen LogP contribution in [0.15, 0.2) is 48.5 Å². The zero-order valence-corrected chi connectivity index (χ0v) is 30.3. The van der Waals surface area contributed by atoms with Gasteiger partial charge in [0.05, 0.1) is 12.3 Å². The topological polar surface area (TPSA) is 119 Å². The van der Waals surface area contributed by atoms with Crippen LogP contribution in [0, 0.1) is 0 Å². The number of halogens is 2. The summed E-state index contributed by atoms with van der Waals surface area (Å²) in [5.74, 6) is 0.265. The highest BCUT2D eigenvalue weighted by atomic mass is 35.5. The van der Waals surface area contributed by atoms with Gasteiger partial charge >= 0.3 is 6.09 Å². The first kappa shape index (κ1) is 36.5. The zero-order chi connectivity index (χ0) is 35.3. The van der Waals surface area contributed by atoms with E-state index in [1.807, 2.05) is 73.7 Å². The van der Waals surface area contributed by atoms with E-state index in [2.05, 4.69) is 10.2 Å². The lowest BCUT2D eigenvalue weighted by Crippen LogP contribution is -2.63. The molecule has 264 valence electrons. The van der Waals surface area contributed by atoms with Crippen molar-refractivity contribution < 1.29 is 23.9 Å². The van der Waals surface area contributed by atoms with Gasteiger partial charge in [0, 0.05) is 47.9 Å². The Morgan fingerprint density at radius 3 is 2.20 bits per heavy atom. The van der Waals surface area contributed by atoms with Gasteiger partial charge in [0.15, 0.2) is 0 Å². The summed E-state index contributed by atoms with van der Waals surface area (Å²) in [4.78, 5) is 42.9. The standard InChI is InChI=1S/C37H47Cl2N5O5/c1-36(2,3)49-35(47)41-17-8-22-48-27-12-9-25(10-13-27)32-29(28-14-11-26(38)23-30(28)39)24-31(42(32)4)33(45)43-20-15-37(16-21-43,34(40)46)44-18-6-5-7-19-44/h9-14,23-24H,5-8,15-22H2,1-4H3,(H2,40,46)(H,41,47). The Hall–Kier alpha value is -3.73. The third kappa shape index (κ3) is 8.53. The predicted molar refractivity (Wildman–Crippen MR) is 193 cm³/mol. The lowest BCUT2D eigenvalue weighted by atomic mass is 9.83. The molecule has 2 saturated heterocycles. The van der Waals surface area contributed by atoms with E-state index in [4.69, 9.17) is 38.4 Å². The molecule has 12 heteroatoms. The Bertz CT molecular complexity index is 1650. The Labute approximate surface area is 298 Å². The second kappa shape index (κ2) is 15.4. The highest BCUT2D eigenvalue weighted by Gasteiger charge is 2.46. The maximum Gasteiger partial charge on any atom is 0.407 e. The lowest BCUT2D eigenvalue weighted by Gasteiger charge is -2.48. The minimum atomic E-state index is -0.711. The van der Waals surface area contributed by atoms with Crippen molar-refractivity contribution in [3.05, 3.63) is 64.3 Å². The molecule has 1 aromatic heterocycles. The fourth-order valence-corrected chi connectivity index (χ4v) is 7.34. The summed E-state index contributed by atoms with van der Waals surface area (Å²) in [6, 6.07) is 14.9. The number of carbonyl (C=O) groups excluding carboxylic acids is 3. The number of amides is 3. The largest absolute Gasteiger partial charge is 0.494 e. The number of rotatable bonds is 10. The average molecular weight is 713 g/mol. The number of alkyl carbamates (subject to hydrolysis) is 1. The molecule has 2 fully saturated rings. The average Bonchev–Trinajstić information content (AvgIpc) is 3.40. The molecule has 0 saturated carbocycles. The van der Waals surface area contributed by atoms with Gasteiger partial charge in [-0.2, -0.15) is 0 Å². The third-order valence-electron chi connectivity index (χ3n) is 9.36. The normalized spacial score (nSPS) is 16.7. The van der Waals surface area contributed by atoms with Crippen LogP contribution in [0.1, 0.15) is 69.8 Å². The zero-order valence-electron chi connectivity index (χ0n) is 28.8. The van der Waals surface area contributed by atoms with Gasteiger partial charge in [0.1, 0.15) is 22.6 Å².